The van der Waals surface area contributed by atoms with E-state index in [0.29, 0.717) is 32.2 Å². The molecule has 0 aromatic heterocycles. The molecule has 1 aliphatic heterocycles. The Hall–Kier alpha value is -1.33. The molecular formula is C12H16BF4N2O3S-. The SMILES string of the molecule is Cc1c(CN2CCNCC2)cc([B-](F)(F)F)cc1OS(=O)(=O)F. The molecule has 11 heteroatoms. The van der Waals surface area contributed by atoms with Crippen LogP contribution in [0, 0.1) is 6.92 Å². The van der Waals surface area contributed by atoms with Gasteiger partial charge >= 0.3 is 17.5 Å². The molecule has 5 nitrogen and oxygen atoms in total. The van der Waals surface area contributed by atoms with Gasteiger partial charge in [0.1, 0.15) is 5.75 Å². The van der Waals surface area contributed by atoms with Crippen molar-refractivity contribution in [1.29, 1.82) is 0 Å². The minimum Gasteiger partial charge on any atom is -0.445 e. The summed E-state index contributed by atoms with van der Waals surface area (Å²) in [5.74, 6) is -0.630. The maximum Gasteiger partial charge on any atom is 0.509 e. The van der Waals surface area contributed by atoms with Crippen LogP contribution in [0.5, 0.6) is 5.75 Å². The molecule has 0 atom stereocenters. The maximum atomic E-state index is 13.0. The van der Waals surface area contributed by atoms with E-state index in [4.69, 9.17) is 0 Å². The largest absolute Gasteiger partial charge is 0.509 e. The monoisotopic (exact) mass is 355 g/mol. The number of hydrogen-bond donors (Lipinski definition) is 1. The number of hydrogen-bond acceptors (Lipinski definition) is 5. The highest BCUT2D eigenvalue weighted by molar-refractivity contribution is 7.81. The van der Waals surface area contributed by atoms with Crippen LogP contribution in [-0.2, 0) is 17.0 Å². The van der Waals surface area contributed by atoms with Crippen LogP contribution in [0.2, 0.25) is 0 Å². The standard InChI is InChI=1S/C12H16BF4N2O3S/c1-9-10(8-19-4-2-18-3-5-19)6-11(13(14,15)16)7-12(9)22-23(17,20)21/h6-7,18H,2-5,8H2,1H3/q-1. The van der Waals surface area contributed by atoms with Gasteiger partial charge in [0.05, 0.1) is 0 Å². The lowest BCUT2D eigenvalue weighted by Crippen LogP contribution is -2.43. The molecule has 1 heterocycles. The second-order valence-electron chi connectivity index (χ2n) is 5.38. The Morgan fingerprint density at radius 1 is 1.26 bits per heavy atom. The fraction of sp³-hybridized carbons (Fsp3) is 0.500. The molecule has 0 aliphatic carbocycles. The molecule has 0 radical (unpaired) electrons. The van der Waals surface area contributed by atoms with Gasteiger partial charge in [0, 0.05) is 32.7 Å². The summed E-state index contributed by atoms with van der Waals surface area (Å²) in [6.45, 7) is -1.02. The first kappa shape index (κ1) is 18.0. The van der Waals surface area contributed by atoms with Crippen molar-refractivity contribution < 1.29 is 29.4 Å². The Morgan fingerprint density at radius 3 is 2.39 bits per heavy atom. The highest BCUT2D eigenvalue weighted by Gasteiger charge is 2.28. The summed E-state index contributed by atoms with van der Waals surface area (Å²) in [6, 6.07) is 1.49. The van der Waals surface area contributed by atoms with Crippen molar-refractivity contribution in [1.82, 2.24) is 10.2 Å². The zero-order valence-corrected chi connectivity index (χ0v) is 13.2. The molecule has 0 amide bonds. The van der Waals surface area contributed by atoms with Gasteiger partial charge in [-0.2, -0.15) is 8.42 Å². The molecule has 1 aromatic rings. The van der Waals surface area contributed by atoms with E-state index in [9.17, 15) is 25.3 Å². The van der Waals surface area contributed by atoms with Gasteiger partial charge in [-0.15, -0.1) is 5.46 Å². The van der Waals surface area contributed by atoms with E-state index in [1.165, 1.54) is 6.92 Å². The van der Waals surface area contributed by atoms with Crippen LogP contribution >= 0.6 is 0 Å². The van der Waals surface area contributed by atoms with E-state index in [2.05, 4.69) is 9.50 Å². The first-order valence-electron chi connectivity index (χ1n) is 6.97. The number of halogens is 4. The Morgan fingerprint density at radius 2 is 1.87 bits per heavy atom. The van der Waals surface area contributed by atoms with Crippen molar-refractivity contribution in [2.75, 3.05) is 26.2 Å². The molecule has 1 N–H and O–H groups in total. The van der Waals surface area contributed by atoms with Crippen LogP contribution in [0.1, 0.15) is 11.1 Å². The predicted molar refractivity (Wildman–Crippen MR) is 78.7 cm³/mol. The summed E-state index contributed by atoms with van der Waals surface area (Å²) in [5, 5.41) is 3.12. The van der Waals surface area contributed by atoms with Gasteiger partial charge in [-0.05, 0) is 24.1 Å². The summed E-state index contributed by atoms with van der Waals surface area (Å²) in [7, 11) is -5.40. The van der Waals surface area contributed by atoms with Gasteiger partial charge in [0.15, 0.2) is 0 Å². The lowest BCUT2D eigenvalue weighted by Gasteiger charge is -2.29. The van der Waals surface area contributed by atoms with Gasteiger partial charge in [-0.1, -0.05) is 9.95 Å². The van der Waals surface area contributed by atoms with Crippen LogP contribution in [0.15, 0.2) is 12.1 Å². The van der Waals surface area contributed by atoms with E-state index < -0.39 is 28.7 Å². The normalized spacial score (nSPS) is 17.3. The van der Waals surface area contributed by atoms with Gasteiger partial charge < -0.3 is 22.4 Å². The van der Waals surface area contributed by atoms with Crippen molar-refractivity contribution in [2.45, 2.75) is 13.5 Å². The van der Waals surface area contributed by atoms with Crippen molar-refractivity contribution in [2.24, 2.45) is 0 Å². The van der Waals surface area contributed by atoms with Crippen LogP contribution in [0.4, 0.5) is 16.8 Å². The third-order valence-electron chi connectivity index (χ3n) is 3.66. The summed E-state index contributed by atoms with van der Waals surface area (Å²) in [5.41, 5.74) is -0.574. The number of nitrogens with zero attached hydrogens (tertiary/aromatic N) is 1. The third-order valence-corrected chi connectivity index (χ3v) is 4.04. The predicted octanol–water partition coefficient (Wildman–Crippen LogP) is 1.05. The number of rotatable bonds is 5. The number of benzene rings is 1. The number of piperazine rings is 1. The average Bonchev–Trinajstić information content (AvgIpc) is 2.41. The van der Waals surface area contributed by atoms with Gasteiger partial charge in [0.25, 0.3) is 0 Å². The molecule has 1 saturated heterocycles. The molecular weight excluding hydrogens is 339 g/mol. The second-order valence-corrected chi connectivity index (χ2v) is 6.33. The topological polar surface area (TPSA) is 58.6 Å². The van der Waals surface area contributed by atoms with Crippen molar-refractivity contribution in [3.63, 3.8) is 0 Å². The van der Waals surface area contributed by atoms with Crippen LogP contribution in [0.3, 0.4) is 0 Å². The summed E-state index contributed by atoms with van der Waals surface area (Å²) in [4.78, 5) is 1.93. The van der Waals surface area contributed by atoms with Gasteiger partial charge in [-0.3, -0.25) is 4.90 Å². The van der Waals surface area contributed by atoms with Crippen LogP contribution in [0.25, 0.3) is 0 Å². The molecule has 0 bridgehead atoms. The van der Waals surface area contributed by atoms with Crippen LogP contribution < -0.4 is 15.0 Å². The lowest BCUT2D eigenvalue weighted by molar-refractivity contribution is 0.232. The Labute approximate surface area is 132 Å². The maximum absolute atomic E-state index is 13.0. The molecule has 0 saturated carbocycles. The van der Waals surface area contributed by atoms with E-state index in [0.717, 1.165) is 6.07 Å². The Balaban J connectivity index is 2.40. The minimum atomic E-state index is -5.40. The Bertz CT molecular complexity index is 676. The zero-order valence-electron chi connectivity index (χ0n) is 12.4. The molecule has 0 unspecified atom stereocenters. The summed E-state index contributed by atoms with van der Waals surface area (Å²) >= 11 is 0. The van der Waals surface area contributed by atoms with Crippen LogP contribution in [-0.4, -0.2) is 46.5 Å². The highest BCUT2D eigenvalue weighted by Crippen LogP contribution is 2.26. The zero-order chi connectivity index (χ0) is 17.3. The number of nitrogens with one attached hydrogen (secondary N) is 1. The third kappa shape index (κ3) is 5.08. The lowest BCUT2D eigenvalue weighted by atomic mass is 9.78. The first-order chi connectivity index (χ1) is 10.6. The van der Waals surface area contributed by atoms with E-state index in [-0.39, 0.29) is 17.7 Å². The first-order valence-corrected chi connectivity index (χ1v) is 8.27. The molecule has 1 aliphatic rings. The second kappa shape index (κ2) is 6.66. The highest BCUT2D eigenvalue weighted by atomic mass is 32.3. The van der Waals surface area contributed by atoms with E-state index in [1.807, 2.05) is 4.90 Å². The fourth-order valence-electron chi connectivity index (χ4n) is 2.43. The molecule has 130 valence electrons. The molecule has 2 rings (SSSR count). The molecule has 0 spiro atoms. The fourth-order valence-corrected chi connectivity index (χ4v) is 2.81. The minimum absolute atomic E-state index is 0.175. The van der Waals surface area contributed by atoms with Gasteiger partial charge in [-0.25, -0.2) is 0 Å². The molecule has 1 aromatic carbocycles. The Kier molecular flexibility index (Phi) is 5.22. The van der Waals surface area contributed by atoms with Crippen molar-refractivity contribution >= 4 is 22.9 Å². The van der Waals surface area contributed by atoms with Crippen molar-refractivity contribution in [3.05, 3.63) is 23.3 Å². The summed E-state index contributed by atoms with van der Waals surface area (Å²) < 4.78 is 77.2. The molecule has 23 heavy (non-hydrogen) atoms. The van der Waals surface area contributed by atoms with E-state index in [1.54, 1.807) is 0 Å². The summed E-state index contributed by atoms with van der Waals surface area (Å²) in [6.07, 6.45) is 0. The molecule has 1 fully saturated rings. The van der Waals surface area contributed by atoms with Gasteiger partial charge in [0.2, 0.25) is 0 Å². The average molecular weight is 355 g/mol. The quantitative estimate of drug-likeness (QED) is 0.486. The smallest absolute Gasteiger partial charge is 0.445 e. The van der Waals surface area contributed by atoms with E-state index >= 15 is 0 Å². The van der Waals surface area contributed by atoms with Crippen molar-refractivity contribution in [3.8, 4) is 5.75 Å².